The number of unbranched alkanes of at least 4 members (excludes halogenated alkanes) is 16. The van der Waals surface area contributed by atoms with Gasteiger partial charge in [-0.3, -0.25) is 0 Å². The molecule has 0 spiro atoms. The molecular formula is C27H54N2S4. The Morgan fingerprint density at radius 2 is 0.758 bits per heavy atom. The maximum Gasteiger partial charge on any atom is 0.133 e. The monoisotopic (exact) mass is 534 g/mol. The van der Waals surface area contributed by atoms with Gasteiger partial charge in [-0.25, -0.2) is 0 Å². The summed E-state index contributed by atoms with van der Waals surface area (Å²) >= 11 is 14.5. The van der Waals surface area contributed by atoms with E-state index in [1.165, 1.54) is 116 Å². The zero-order valence-electron chi connectivity index (χ0n) is 21.9. The van der Waals surface area contributed by atoms with Crippen LogP contribution in [0.5, 0.6) is 0 Å². The lowest BCUT2D eigenvalue weighted by Crippen LogP contribution is -2.20. The first-order valence-electron chi connectivity index (χ1n) is 14.0. The van der Waals surface area contributed by atoms with Crippen LogP contribution >= 0.6 is 48.0 Å². The van der Waals surface area contributed by atoms with Gasteiger partial charge >= 0.3 is 0 Å². The summed E-state index contributed by atoms with van der Waals surface area (Å²) in [6.45, 7) is 6.62. The number of rotatable bonds is 24. The fourth-order valence-corrected chi connectivity index (χ4v) is 5.99. The third-order valence-corrected chi connectivity index (χ3v) is 8.65. The largest absolute Gasteiger partial charge is 0.371 e. The molecule has 0 aromatic carbocycles. The quantitative estimate of drug-likeness (QED) is 0.0944. The first kappa shape index (κ1) is 33.5. The molecule has 0 saturated carbocycles. The van der Waals surface area contributed by atoms with Crippen molar-refractivity contribution >= 4 is 56.6 Å². The van der Waals surface area contributed by atoms with E-state index in [0.717, 1.165) is 39.7 Å². The molecule has 0 rings (SSSR count). The summed E-state index contributed by atoms with van der Waals surface area (Å²) in [6, 6.07) is 0. The van der Waals surface area contributed by atoms with Crippen LogP contribution in [0.3, 0.4) is 0 Å². The van der Waals surface area contributed by atoms with Gasteiger partial charge < -0.3 is 10.6 Å². The number of nitrogens with one attached hydrogen (secondary N) is 2. The van der Waals surface area contributed by atoms with Crippen molar-refractivity contribution in [2.75, 3.05) is 24.6 Å². The molecule has 0 aromatic heterocycles. The number of hydrogen-bond donors (Lipinski definition) is 2. The van der Waals surface area contributed by atoms with Crippen molar-refractivity contribution in [3.8, 4) is 0 Å². The van der Waals surface area contributed by atoms with Gasteiger partial charge in [0, 0.05) is 24.6 Å². The van der Waals surface area contributed by atoms with Crippen molar-refractivity contribution < 1.29 is 0 Å². The molecule has 0 aliphatic heterocycles. The number of thioether (sulfide) groups is 2. The Bertz CT molecular complexity index is 394. The molecule has 196 valence electrons. The summed E-state index contributed by atoms with van der Waals surface area (Å²) in [6.07, 6.45) is 25.8. The summed E-state index contributed by atoms with van der Waals surface area (Å²) in [5, 5.41) is 6.82. The third-order valence-electron chi connectivity index (χ3n) is 5.85. The lowest BCUT2D eigenvalue weighted by molar-refractivity contribution is 0.563. The van der Waals surface area contributed by atoms with Crippen molar-refractivity contribution in [3.63, 3.8) is 0 Å². The predicted octanol–water partition coefficient (Wildman–Crippen LogP) is 9.65. The van der Waals surface area contributed by atoms with Crippen LogP contribution < -0.4 is 10.6 Å². The van der Waals surface area contributed by atoms with Crippen molar-refractivity contribution in [3.05, 3.63) is 0 Å². The van der Waals surface area contributed by atoms with Crippen LogP contribution in [-0.4, -0.2) is 33.2 Å². The van der Waals surface area contributed by atoms with Crippen LogP contribution in [0, 0.1) is 0 Å². The maximum absolute atomic E-state index is 5.45. The summed E-state index contributed by atoms with van der Waals surface area (Å²) in [5.41, 5.74) is 0. The number of thiocarbonyl (C=S) groups is 2. The number of hydrogen-bond acceptors (Lipinski definition) is 4. The second kappa shape index (κ2) is 28.7. The minimum Gasteiger partial charge on any atom is -0.371 e. The maximum atomic E-state index is 5.45. The van der Waals surface area contributed by atoms with E-state index in [0.29, 0.717) is 0 Å². The highest BCUT2D eigenvalue weighted by Crippen LogP contribution is 2.12. The molecule has 0 heterocycles. The topological polar surface area (TPSA) is 24.1 Å². The van der Waals surface area contributed by atoms with E-state index in [-0.39, 0.29) is 0 Å². The van der Waals surface area contributed by atoms with Crippen LogP contribution in [0.2, 0.25) is 0 Å². The van der Waals surface area contributed by atoms with E-state index in [9.17, 15) is 0 Å². The first-order valence-corrected chi connectivity index (χ1v) is 16.8. The van der Waals surface area contributed by atoms with Gasteiger partial charge in [-0.05, 0) is 19.3 Å². The first-order chi connectivity index (χ1) is 16.2. The van der Waals surface area contributed by atoms with Crippen LogP contribution in [0.1, 0.15) is 136 Å². The minimum atomic E-state index is 0.964. The molecule has 2 N–H and O–H groups in total. The molecule has 0 aliphatic carbocycles. The molecular weight excluding hydrogens is 481 g/mol. The molecule has 33 heavy (non-hydrogen) atoms. The molecule has 0 saturated heterocycles. The van der Waals surface area contributed by atoms with Crippen LogP contribution in [-0.2, 0) is 0 Å². The second-order valence-corrected chi connectivity index (χ2v) is 12.7. The Morgan fingerprint density at radius 3 is 1.09 bits per heavy atom. The molecule has 0 unspecified atom stereocenters. The molecule has 0 amide bonds. The SMILES string of the molecule is CCCCCCCCCCCNC(=S)SCCCSC(=S)NCCCCCCCCCCC. The highest BCUT2D eigenvalue weighted by Gasteiger charge is 2.00. The smallest absolute Gasteiger partial charge is 0.133 e. The molecule has 2 nitrogen and oxygen atoms in total. The van der Waals surface area contributed by atoms with E-state index in [1.807, 2.05) is 0 Å². The van der Waals surface area contributed by atoms with Gasteiger partial charge in [0.2, 0.25) is 0 Å². The average Bonchev–Trinajstić information content (AvgIpc) is 2.81. The summed E-state index contributed by atoms with van der Waals surface area (Å²) < 4.78 is 1.93. The molecule has 0 aliphatic rings. The summed E-state index contributed by atoms with van der Waals surface area (Å²) in [7, 11) is 0. The Labute approximate surface area is 226 Å². The molecule has 0 bridgehead atoms. The molecule has 6 heteroatoms. The Balaban J connectivity index is 3.28. The van der Waals surface area contributed by atoms with Crippen LogP contribution in [0.25, 0.3) is 0 Å². The average molecular weight is 535 g/mol. The molecule has 0 aromatic rings. The zero-order valence-corrected chi connectivity index (χ0v) is 25.2. The lowest BCUT2D eigenvalue weighted by atomic mass is 10.1. The van der Waals surface area contributed by atoms with Gasteiger partial charge in [0.25, 0.3) is 0 Å². The van der Waals surface area contributed by atoms with E-state index < -0.39 is 0 Å². The molecule has 0 radical (unpaired) electrons. The van der Waals surface area contributed by atoms with Gasteiger partial charge in [0.15, 0.2) is 0 Å². The standard InChI is InChI=1S/C27H54N2S4/c1-3-5-7-9-11-13-15-17-19-22-28-26(30)32-24-21-25-33-27(31)29-23-20-18-16-14-12-10-8-6-4-2/h3-25H2,1-2H3,(H,28,30)(H,29,31). The fourth-order valence-electron chi connectivity index (χ4n) is 3.74. The van der Waals surface area contributed by atoms with Gasteiger partial charge in [0.05, 0.1) is 0 Å². The third kappa shape index (κ3) is 28.6. The van der Waals surface area contributed by atoms with E-state index >= 15 is 0 Å². The molecule has 0 fully saturated rings. The Hall–Kier alpha value is 0.480. The fraction of sp³-hybridized carbons (Fsp3) is 0.926. The normalized spacial score (nSPS) is 11.0. The minimum absolute atomic E-state index is 0.964. The van der Waals surface area contributed by atoms with Crippen LogP contribution in [0.4, 0.5) is 0 Å². The van der Waals surface area contributed by atoms with Crippen molar-refractivity contribution in [2.24, 2.45) is 0 Å². The van der Waals surface area contributed by atoms with E-state index in [4.69, 9.17) is 24.4 Å². The highest BCUT2D eigenvalue weighted by atomic mass is 32.2. The van der Waals surface area contributed by atoms with E-state index in [2.05, 4.69) is 24.5 Å². The van der Waals surface area contributed by atoms with Gasteiger partial charge in [-0.1, -0.05) is 165 Å². The molecule has 0 atom stereocenters. The summed E-state index contributed by atoms with van der Waals surface area (Å²) in [4.78, 5) is 0. The zero-order chi connectivity index (χ0) is 24.2. The lowest BCUT2D eigenvalue weighted by Gasteiger charge is -2.09. The Morgan fingerprint density at radius 1 is 0.455 bits per heavy atom. The van der Waals surface area contributed by atoms with Crippen LogP contribution in [0.15, 0.2) is 0 Å². The Kier molecular flexibility index (Phi) is 29.1. The van der Waals surface area contributed by atoms with Gasteiger partial charge in [-0.15, -0.1) is 0 Å². The van der Waals surface area contributed by atoms with Crippen molar-refractivity contribution in [1.82, 2.24) is 10.6 Å². The van der Waals surface area contributed by atoms with Gasteiger partial charge in [-0.2, -0.15) is 0 Å². The summed E-state index contributed by atoms with van der Waals surface area (Å²) in [5.74, 6) is 2.16. The predicted molar refractivity (Wildman–Crippen MR) is 165 cm³/mol. The highest BCUT2D eigenvalue weighted by molar-refractivity contribution is 8.23. The van der Waals surface area contributed by atoms with Crippen molar-refractivity contribution in [1.29, 1.82) is 0 Å². The van der Waals surface area contributed by atoms with Crippen molar-refractivity contribution in [2.45, 2.75) is 136 Å². The van der Waals surface area contributed by atoms with E-state index in [1.54, 1.807) is 23.5 Å². The second-order valence-electron chi connectivity index (χ2n) is 9.14. The van der Waals surface area contributed by atoms with Gasteiger partial charge in [0.1, 0.15) is 8.64 Å².